The van der Waals surface area contributed by atoms with E-state index in [1.165, 1.54) is 5.56 Å². The molecule has 0 saturated heterocycles. The molecule has 0 amide bonds. The fourth-order valence-corrected chi connectivity index (χ4v) is 3.53. The number of benzene rings is 1. The lowest BCUT2D eigenvalue weighted by molar-refractivity contribution is 0.306. The van der Waals surface area contributed by atoms with Crippen LogP contribution in [0.3, 0.4) is 0 Å². The van der Waals surface area contributed by atoms with Gasteiger partial charge in [0, 0.05) is 0 Å². The molecule has 1 aromatic rings. The van der Waals surface area contributed by atoms with Gasteiger partial charge < -0.3 is 4.43 Å². The molecule has 0 saturated carbocycles. The fraction of sp³-hybridized carbons (Fsp3) is 0.500. The standard InChI is InChI=1S/C12H22OSi2/c1-14(2,3)15(4,5)13-11-12-9-7-6-8-10-12/h6-10H,11H2,1-5H3. The van der Waals surface area contributed by atoms with E-state index in [-0.39, 0.29) is 0 Å². The number of hydrogen-bond donors (Lipinski definition) is 0. The maximum atomic E-state index is 6.18. The van der Waals surface area contributed by atoms with Crippen molar-refractivity contribution in [2.24, 2.45) is 0 Å². The van der Waals surface area contributed by atoms with Gasteiger partial charge in [-0.05, 0) is 18.7 Å². The Morgan fingerprint density at radius 2 is 1.47 bits per heavy atom. The molecule has 0 spiro atoms. The third kappa shape index (κ3) is 3.59. The van der Waals surface area contributed by atoms with Gasteiger partial charge in [-0.3, -0.25) is 0 Å². The highest BCUT2D eigenvalue weighted by molar-refractivity contribution is 7.37. The third-order valence-electron chi connectivity index (χ3n) is 3.25. The predicted octanol–water partition coefficient (Wildman–Crippen LogP) is 3.82. The van der Waals surface area contributed by atoms with Crippen molar-refractivity contribution >= 4 is 15.4 Å². The van der Waals surface area contributed by atoms with Gasteiger partial charge in [0.15, 0.2) is 7.83 Å². The van der Waals surface area contributed by atoms with E-state index in [9.17, 15) is 0 Å². The Labute approximate surface area is 95.4 Å². The summed E-state index contributed by atoms with van der Waals surface area (Å²) in [4.78, 5) is 0. The Bertz CT molecular complexity index is 301. The third-order valence-corrected chi connectivity index (χ3v) is 19.0. The maximum Gasteiger partial charge on any atom is 0.174 e. The zero-order chi connectivity index (χ0) is 11.5. The topological polar surface area (TPSA) is 9.23 Å². The van der Waals surface area contributed by atoms with Gasteiger partial charge in [-0.1, -0.05) is 50.0 Å². The van der Waals surface area contributed by atoms with Crippen molar-refractivity contribution in [1.29, 1.82) is 0 Å². The van der Waals surface area contributed by atoms with Crippen molar-refractivity contribution in [3.8, 4) is 0 Å². The van der Waals surface area contributed by atoms with E-state index in [2.05, 4.69) is 57.0 Å². The van der Waals surface area contributed by atoms with Crippen LogP contribution in [0.2, 0.25) is 32.7 Å². The van der Waals surface area contributed by atoms with E-state index in [4.69, 9.17) is 4.43 Å². The van der Waals surface area contributed by atoms with Crippen LogP contribution in [0.1, 0.15) is 5.56 Å². The summed E-state index contributed by atoms with van der Waals surface area (Å²) in [6.07, 6.45) is 0. The summed E-state index contributed by atoms with van der Waals surface area (Å²) >= 11 is 0. The van der Waals surface area contributed by atoms with E-state index < -0.39 is 15.4 Å². The summed E-state index contributed by atoms with van der Waals surface area (Å²) in [6.45, 7) is 12.7. The van der Waals surface area contributed by atoms with E-state index in [1.807, 2.05) is 6.07 Å². The molecular weight excluding hydrogens is 216 g/mol. The summed E-state index contributed by atoms with van der Waals surface area (Å²) in [5.41, 5.74) is 1.29. The maximum absolute atomic E-state index is 6.18. The zero-order valence-corrected chi connectivity index (χ0v) is 12.5. The van der Waals surface area contributed by atoms with Gasteiger partial charge in [0.25, 0.3) is 0 Å². The smallest absolute Gasteiger partial charge is 0.174 e. The number of hydrogen-bond acceptors (Lipinski definition) is 1. The molecule has 0 aliphatic rings. The van der Waals surface area contributed by atoms with Crippen LogP contribution in [0.15, 0.2) is 30.3 Å². The number of rotatable bonds is 4. The first kappa shape index (κ1) is 12.7. The van der Waals surface area contributed by atoms with Gasteiger partial charge in [0.05, 0.1) is 14.2 Å². The Morgan fingerprint density at radius 3 is 1.93 bits per heavy atom. The molecule has 15 heavy (non-hydrogen) atoms. The highest BCUT2D eigenvalue weighted by atomic mass is 29.3. The van der Waals surface area contributed by atoms with E-state index in [0.29, 0.717) is 0 Å². The monoisotopic (exact) mass is 238 g/mol. The molecular formula is C12H22OSi2. The first-order chi connectivity index (χ1) is 6.83. The largest absolute Gasteiger partial charge is 0.416 e. The van der Waals surface area contributed by atoms with E-state index >= 15 is 0 Å². The lowest BCUT2D eigenvalue weighted by Crippen LogP contribution is -2.54. The normalized spacial score (nSPS) is 12.9. The molecule has 0 bridgehead atoms. The average Bonchev–Trinajstić information content (AvgIpc) is 2.15. The van der Waals surface area contributed by atoms with Gasteiger partial charge >= 0.3 is 0 Å². The molecule has 0 radical (unpaired) electrons. The minimum atomic E-state index is -1.45. The molecule has 0 unspecified atom stereocenters. The van der Waals surface area contributed by atoms with Crippen LogP contribution in [-0.4, -0.2) is 15.4 Å². The molecule has 0 atom stereocenters. The minimum absolute atomic E-state index is 0.782. The second kappa shape index (κ2) is 4.64. The molecule has 0 aliphatic carbocycles. The van der Waals surface area contributed by atoms with Crippen LogP contribution in [-0.2, 0) is 11.0 Å². The van der Waals surface area contributed by atoms with Gasteiger partial charge in [-0.25, -0.2) is 0 Å². The van der Waals surface area contributed by atoms with Gasteiger partial charge in [-0.15, -0.1) is 0 Å². The van der Waals surface area contributed by atoms with Crippen molar-refractivity contribution in [2.75, 3.05) is 0 Å². The van der Waals surface area contributed by atoms with Crippen LogP contribution >= 0.6 is 0 Å². The Hall–Kier alpha value is -0.386. The second-order valence-electron chi connectivity index (χ2n) is 5.53. The summed E-state index contributed by atoms with van der Waals surface area (Å²) in [5.74, 6) is 0. The molecule has 0 fully saturated rings. The van der Waals surface area contributed by atoms with E-state index in [0.717, 1.165) is 6.61 Å². The SMILES string of the molecule is C[Si](C)(C)[Si](C)(C)OCc1ccccc1. The Balaban J connectivity index is 2.58. The lowest BCUT2D eigenvalue weighted by Gasteiger charge is -2.34. The van der Waals surface area contributed by atoms with Crippen molar-refractivity contribution in [1.82, 2.24) is 0 Å². The summed E-state index contributed by atoms with van der Waals surface area (Å²) in [6, 6.07) is 10.5. The summed E-state index contributed by atoms with van der Waals surface area (Å²) < 4.78 is 6.18. The molecule has 0 aromatic heterocycles. The molecule has 1 rings (SSSR count). The van der Waals surface area contributed by atoms with Crippen LogP contribution in [0.5, 0.6) is 0 Å². The van der Waals surface area contributed by atoms with Crippen molar-refractivity contribution < 1.29 is 4.43 Å². The molecule has 3 heteroatoms. The quantitative estimate of drug-likeness (QED) is 0.725. The Morgan fingerprint density at radius 1 is 0.933 bits per heavy atom. The van der Waals surface area contributed by atoms with Gasteiger partial charge in [0.2, 0.25) is 0 Å². The van der Waals surface area contributed by atoms with Crippen molar-refractivity contribution in [2.45, 2.75) is 39.3 Å². The summed E-state index contributed by atoms with van der Waals surface area (Å²) in [5, 5.41) is 0. The van der Waals surface area contributed by atoms with Crippen LogP contribution < -0.4 is 0 Å². The zero-order valence-electron chi connectivity index (χ0n) is 10.5. The first-order valence-corrected chi connectivity index (χ1v) is 12.9. The second-order valence-corrected chi connectivity index (χ2v) is 21.5. The highest BCUT2D eigenvalue weighted by Crippen LogP contribution is 2.21. The molecule has 84 valence electrons. The predicted molar refractivity (Wildman–Crippen MR) is 72.1 cm³/mol. The minimum Gasteiger partial charge on any atom is -0.416 e. The first-order valence-electron chi connectivity index (χ1n) is 5.51. The van der Waals surface area contributed by atoms with Crippen LogP contribution in [0, 0.1) is 0 Å². The van der Waals surface area contributed by atoms with Gasteiger partial charge in [-0.2, -0.15) is 0 Å². The van der Waals surface area contributed by atoms with E-state index in [1.54, 1.807) is 0 Å². The molecule has 1 aromatic carbocycles. The van der Waals surface area contributed by atoms with Crippen LogP contribution in [0.4, 0.5) is 0 Å². The molecule has 0 aliphatic heterocycles. The van der Waals surface area contributed by atoms with Crippen LogP contribution in [0.25, 0.3) is 0 Å². The molecule has 0 heterocycles. The molecule has 1 nitrogen and oxygen atoms in total. The summed E-state index contributed by atoms with van der Waals surface area (Å²) in [7, 11) is -2.57. The van der Waals surface area contributed by atoms with Gasteiger partial charge in [0.1, 0.15) is 0 Å². The highest BCUT2D eigenvalue weighted by Gasteiger charge is 2.38. The van der Waals surface area contributed by atoms with Crippen molar-refractivity contribution in [3.63, 3.8) is 0 Å². The Kier molecular flexibility index (Phi) is 3.92. The fourth-order valence-electron chi connectivity index (χ4n) is 1.05. The lowest BCUT2D eigenvalue weighted by atomic mass is 10.2. The van der Waals surface area contributed by atoms with Crippen molar-refractivity contribution in [3.05, 3.63) is 35.9 Å². The molecule has 0 N–H and O–H groups in total. The average molecular weight is 238 g/mol.